The minimum atomic E-state index is -0.211. The molecule has 13 heavy (non-hydrogen) atoms. The average Bonchev–Trinajstić information content (AvgIpc) is 2.04. The first-order valence-corrected chi connectivity index (χ1v) is 4.16. The normalized spacial score (nSPS) is 10.3. The Hall–Kier alpha value is -1.35. The number of nitrogens with one attached hydrogen (secondary N) is 1. The summed E-state index contributed by atoms with van der Waals surface area (Å²) in [6, 6.07) is 5.04. The molecule has 1 aromatic heterocycles. The molecule has 0 atom stereocenters. The van der Waals surface area contributed by atoms with Gasteiger partial charge in [0.05, 0.1) is 0 Å². The Morgan fingerprint density at radius 3 is 3.00 bits per heavy atom. The minimum Gasteiger partial charge on any atom is -0.307 e. The van der Waals surface area contributed by atoms with E-state index in [0.717, 1.165) is 0 Å². The van der Waals surface area contributed by atoms with Crippen LogP contribution in [0.1, 0.15) is 6.92 Å². The van der Waals surface area contributed by atoms with E-state index in [1.807, 2.05) is 0 Å². The van der Waals surface area contributed by atoms with E-state index in [1.165, 1.54) is 6.08 Å². The first-order valence-electron chi connectivity index (χ1n) is 3.78. The van der Waals surface area contributed by atoms with Crippen LogP contribution in [0, 0.1) is 0 Å². The van der Waals surface area contributed by atoms with E-state index < -0.39 is 0 Å². The van der Waals surface area contributed by atoms with Gasteiger partial charge in [0.25, 0.3) is 0 Å². The zero-order chi connectivity index (χ0) is 9.68. The number of hydrogen-bond acceptors (Lipinski definition) is 2. The largest absolute Gasteiger partial charge is 0.307 e. The molecule has 0 fully saturated rings. The average molecular weight is 197 g/mol. The van der Waals surface area contributed by atoms with Gasteiger partial charge >= 0.3 is 0 Å². The van der Waals surface area contributed by atoms with E-state index in [0.29, 0.717) is 11.0 Å². The summed E-state index contributed by atoms with van der Waals surface area (Å²) in [5.41, 5.74) is 0. The Balaban J connectivity index is 2.69. The summed E-state index contributed by atoms with van der Waals surface area (Å²) >= 11 is 5.62. The quantitative estimate of drug-likeness (QED) is 0.582. The van der Waals surface area contributed by atoms with Gasteiger partial charge in [-0.3, -0.25) is 4.79 Å². The number of carbonyl (C=O) groups is 1. The van der Waals surface area contributed by atoms with Crippen LogP contribution in [0.5, 0.6) is 0 Å². The maximum Gasteiger partial charge on any atom is 0.249 e. The van der Waals surface area contributed by atoms with Gasteiger partial charge in [0.1, 0.15) is 11.0 Å². The Labute approximate surface area is 81.4 Å². The number of aromatic nitrogens is 1. The van der Waals surface area contributed by atoms with Crippen molar-refractivity contribution in [2.75, 3.05) is 5.32 Å². The van der Waals surface area contributed by atoms with Gasteiger partial charge in [0.2, 0.25) is 5.91 Å². The lowest BCUT2D eigenvalue weighted by Crippen LogP contribution is -2.08. The summed E-state index contributed by atoms with van der Waals surface area (Å²) in [5, 5.41) is 2.92. The molecule has 0 aliphatic heterocycles. The van der Waals surface area contributed by atoms with E-state index in [4.69, 9.17) is 11.6 Å². The predicted octanol–water partition coefficient (Wildman–Crippen LogP) is 2.25. The number of halogens is 1. The molecule has 0 aliphatic rings. The minimum absolute atomic E-state index is 0.211. The van der Waals surface area contributed by atoms with Gasteiger partial charge in [-0.05, 0) is 25.1 Å². The molecule has 4 heteroatoms. The van der Waals surface area contributed by atoms with Crippen molar-refractivity contribution in [3.8, 4) is 0 Å². The van der Waals surface area contributed by atoms with Crippen LogP contribution in [-0.4, -0.2) is 10.9 Å². The third kappa shape index (κ3) is 3.25. The number of carbonyl (C=O) groups excluding carboxylic acids is 1. The van der Waals surface area contributed by atoms with Crippen molar-refractivity contribution in [2.45, 2.75) is 6.92 Å². The monoisotopic (exact) mass is 196 g/mol. The van der Waals surface area contributed by atoms with Gasteiger partial charge in [0, 0.05) is 0 Å². The Kier molecular flexibility index (Phi) is 3.46. The molecular weight excluding hydrogens is 188 g/mol. The fourth-order valence-electron chi connectivity index (χ4n) is 0.797. The topological polar surface area (TPSA) is 42.0 Å². The van der Waals surface area contributed by atoms with Crippen LogP contribution in [-0.2, 0) is 4.79 Å². The molecule has 1 amide bonds. The summed E-state index contributed by atoms with van der Waals surface area (Å²) in [6.45, 7) is 1.77. The van der Waals surface area contributed by atoms with Crippen LogP contribution >= 0.6 is 11.6 Å². The first-order chi connectivity index (χ1) is 6.22. The number of allylic oxidation sites excluding steroid dienone is 1. The highest BCUT2D eigenvalue weighted by molar-refractivity contribution is 6.29. The number of pyridine rings is 1. The highest BCUT2D eigenvalue weighted by atomic mass is 35.5. The van der Waals surface area contributed by atoms with Gasteiger partial charge in [-0.25, -0.2) is 4.98 Å². The third-order valence-corrected chi connectivity index (χ3v) is 1.49. The van der Waals surface area contributed by atoms with Crippen molar-refractivity contribution >= 4 is 23.3 Å². The van der Waals surface area contributed by atoms with Crippen molar-refractivity contribution in [1.29, 1.82) is 0 Å². The highest BCUT2D eigenvalue weighted by Crippen LogP contribution is 2.08. The van der Waals surface area contributed by atoms with Crippen molar-refractivity contribution < 1.29 is 4.79 Å². The fourth-order valence-corrected chi connectivity index (χ4v) is 0.961. The molecule has 1 heterocycles. The van der Waals surface area contributed by atoms with Crippen LogP contribution in [0.2, 0.25) is 5.15 Å². The molecule has 1 N–H and O–H groups in total. The van der Waals surface area contributed by atoms with Crippen LogP contribution < -0.4 is 5.32 Å². The van der Waals surface area contributed by atoms with Gasteiger partial charge < -0.3 is 5.32 Å². The van der Waals surface area contributed by atoms with E-state index in [2.05, 4.69) is 10.3 Å². The molecule has 0 spiro atoms. The molecule has 0 aliphatic carbocycles. The smallest absolute Gasteiger partial charge is 0.249 e. The summed E-state index contributed by atoms with van der Waals surface area (Å²) in [6.07, 6.45) is 3.07. The lowest BCUT2D eigenvalue weighted by molar-refractivity contribution is -0.111. The van der Waals surface area contributed by atoms with Crippen LogP contribution in [0.25, 0.3) is 0 Å². The van der Waals surface area contributed by atoms with E-state index in [9.17, 15) is 4.79 Å². The molecule has 0 saturated heterocycles. The number of anilines is 1. The summed E-state index contributed by atoms with van der Waals surface area (Å²) in [4.78, 5) is 14.9. The van der Waals surface area contributed by atoms with Crippen LogP contribution in [0.3, 0.4) is 0 Å². The van der Waals surface area contributed by atoms with Gasteiger partial charge in [-0.15, -0.1) is 0 Å². The van der Waals surface area contributed by atoms with Crippen molar-refractivity contribution in [1.82, 2.24) is 4.98 Å². The molecule has 0 bridgehead atoms. The van der Waals surface area contributed by atoms with Crippen LogP contribution in [0.4, 0.5) is 5.82 Å². The lowest BCUT2D eigenvalue weighted by Gasteiger charge is -1.99. The number of rotatable bonds is 2. The molecule has 68 valence electrons. The van der Waals surface area contributed by atoms with Crippen LogP contribution in [0.15, 0.2) is 30.4 Å². The maximum absolute atomic E-state index is 11.0. The molecule has 0 saturated carbocycles. The van der Waals surface area contributed by atoms with Gasteiger partial charge in [-0.1, -0.05) is 23.7 Å². The molecular formula is C9H9ClN2O. The second-order valence-corrected chi connectivity index (χ2v) is 2.72. The van der Waals surface area contributed by atoms with Crippen molar-refractivity contribution in [2.24, 2.45) is 0 Å². The van der Waals surface area contributed by atoms with Gasteiger partial charge in [0.15, 0.2) is 0 Å². The number of hydrogen-bond donors (Lipinski definition) is 1. The zero-order valence-electron chi connectivity index (χ0n) is 7.12. The Bertz CT molecular complexity index is 336. The maximum atomic E-state index is 11.0. The zero-order valence-corrected chi connectivity index (χ0v) is 7.88. The molecule has 1 rings (SSSR count). The first kappa shape index (κ1) is 9.74. The molecule has 1 aromatic rings. The molecule has 0 unspecified atom stereocenters. The standard InChI is InChI=1S/C9H9ClN2O/c1-2-4-9(13)12-8-6-3-5-7(10)11-8/h2-6H,1H3,(H,11,12,13)/b4-2+. The SMILES string of the molecule is C/C=C/C(=O)Nc1cccc(Cl)n1. The highest BCUT2D eigenvalue weighted by Gasteiger charge is 1.98. The molecule has 0 radical (unpaired) electrons. The second kappa shape index (κ2) is 4.62. The lowest BCUT2D eigenvalue weighted by atomic mass is 10.4. The summed E-state index contributed by atoms with van der Waals surface area (Å²) in [7, 11) is 0. The van der Waals surface area contributed by atoms with Gasteiger partial charge in [-0.2, -0.15) is 0 Å². The van der Waals surface area contributed by atoms with E-state index in [-0.39, 0.29) is 5.91 Å². The number of amides is 1. The molecule has 3 nitrogen and oxygen atoms in total. The Morgan fingerprint density at radius 1 is 1.62 bits per heavy atom. The second-order valence-electron chi connectivity index (χ2n) is 2.33. The van der Waals surface area contributed by atoms with E-state index in [1.54, 1.807) is 31.2 Å². The predicted molar refractivity (Wildman–Crippen MR) is 52.7 cm³/mol. The van der Waals surface area contributed by atoms with Crippen molar-refractivity contribution in [3.63, 3.8) is 0 Å². The van der Waals surface area contributed by atoms with E-state index >= 15 is 0 Å². The molecule has 0 aromatic carbocycles. The third-order valence-electron chi connectivity index (χ3n) is 1.28. The van der Waals surface area contributed by atoms with Crippen molar-refractivity contribution in [3.05, 3.63) is 35.5 Å². The summed E-state index contributed by atoms with van der Waals surface area (Å²) in [5.74, 6) is 0.243. The Morgan fingerprint density at radius 2 is 2.38 bits per heavy atom. The summed E-state index contributed by atoms with van der Waals surface area (Å²) < 4.78 is 0. The number of nitrogens with zero attached hydrogens (tertiary/aromatic N) is 1. The fraction of sp³-hybridized carbons (Fsp3) is 0.111.